The number of furan rings is 1. The van der Waals surface area contributed by atoms with Gasteiger partial charge in [0.25, 0.3) is 0 Å². The van der Waals surface area contributed by atoms with Gasteiger partial charge in [0.1, 0.15) is 5.58 Å². The number of hydrogen-bond acceptors (Lipinski definition) is 2. The molecule has 0 saturated heterocycles. The van der Waals surface area contributed by atoms with Gasteiger partial charge in [-0.25, -0.2) is 0 Å². The minimum absolute atomic E-state index is 0.0247. The first-order chi connectivity index (χ1) is 11.1. The summed E-state index contributed by atoms with van der Waals surface area (Å²) in [6.07, 6.45) is 2.97. The lowest BCUT2D eigenvalue weighted by atomic mass is 10.1. The van der Waals surface area contributed by atoms with Crippen LogP contribution < -0.4 is 5.32 Å². The summed E-state index contributed by atoms with van der Waals surface area (Å²) in [4.78, 5) is 12.4. The number of carbonyl (C=O) groups is 1. The molecule has 1 N–H and O–H groups in total. The molecule has 0 radical (unpaired) electrons. The zero-order valence-corrected chi connectivity index (χ0v) is 13.8. The zero-order valence-electron chi connectivity index (χ0n) is 13.8. The number of fused-ring (bicyclic) bond motifs is 1. The summed E-state index contributed by atoms with van der Waals surface area (Å²) in [5, 5.41) is 4.03. The second kappa shape index (κ2) is 6.29. The Labute approximate surface area is 136 Å². The van der Waals surface area contributed by atoms with E-state index in [0.717, 1.165) is 39.8 Å². The van der Waals surface area contributed by atoms with Crippen molar-refractivity contribution in [3.8, 4) is 0 Å². The number of benzene rings is 2. The van der Waals surface area contributed by atoms with Crippen LogP contribution in [0.1, 0.15) is 29.2 Å². The molecule has 1 heterocycles. The van der Waals surface area contributed by atoms with E-state index in [1.807, 2.05) is 38.1 Å². The summed E-state index contributed by atoms with van der Waals surface area (Å²) in [6, 6.07) is 12.2. The van der Waals surface area contributed by atoms with E-state index in [4.69, 9.17) is 4.42 Å². The maximum absolute atomic E-state index is 12.4. The number of aryl methyl sites for hydroxylation is 3. The first-order valence-corrected chi connectivity index (χ1v) is 7.93. The Morgan fingerprint density at radius 2 is 1.96 bits per heavy atom. The summed E-state index contributed by atoms with van der Waals surface area (Å²) in [5.74, 6) is -0.0247. The van der Waals surface area contributed by atoms with Crippen LogP contribution >= 0.6 is 0 Å². The molecule has 0 bridgehead atoms. The second-order valence-electron chi connectivity index (χ2n) is 5.99. The fraction of sp³-hybridized carbons (Fsp3) is 0.250. The normalized spacial score (nSPS) is 10.9. The van der Waals surface area contributed by atoms with Crippen LogP contribution in [0.4, 0.5) is 5.69 Å². The minimum atomic E-state index is -0.0247. The standard InChI is InChI=1S/C20H21NO2/c1-4-15-7-8-19-17(10-15)16(12-23-19)11-20(22)21-18-9-13(2)5-6-14(18)3/h5-10,12H,4,11H2,1-3H3,(H,21,22). The minimum Gasteiger partial charge on any atom is -0.464 e. The summed E-state index contributed by atoms with van der Waals surface area (Å²) in [5.41, 5.74) is 6.07. The molecular weight excluding hydrogens is 286 g/mol. The van der Waals surface area contributed by atoms with Gasteiger partial charge in [-0.15, -0.1) is 0 Å². The highest BCUT2D eigenvalue weighted by Crippen LogP contribution is 2.24. The van der Waals surface area contributed by atoms with Gasteiger partial charge in [-0.2, -0.15) is 0 Å². The van der Waals surface area contributed by atoms with E-state index in [0.29, 0.717) is 6.42 Å². The van der Waals surface area contributed by atoms with Crippen LogP contribution in [0.5, 0.6) is 0 Å². The van der Waals surface area contributed by atoms with Crippen molar-refractivity contribution in [1.82, 2.24) is 0 Å². The van der Waals surface area contributed by atoms with Crippen LogP contribution in [-0.2, 0) is 17.6 Å². The summed E-state index contributed by atoms with van der Waals surface area (Å²) < 4.78 is 5.56. The maximum atomic E-state index is 12.4. The summed E-state index contributed by atoms with van der Waals surface area (Å²) >= 11 is 0. The van der Waals surface area contributed by atoms with E-state index in [-0.39, 0.29) is 5.91 Å². The van der Waals surface area contributed by atoms with Crippen molar-refractivity contribution in [3.05, 3.63) is 64.9 Å². The van der Waals surface area contributed by atoms with Crippen molar-refractivity contribution >= 4 is 22.6 Å². The molecule has 1 amide bonds. The monoisotopic (exact) mass is 307 g/mol. The summed E-state index contributed by atoms with van der Waals surface area (Å²) in [6.45, 7) is 6.13. The van der Waals surface area contributed by atoms with Gasteiger partial charge in [0.2, 0.25) is 5.91 Å². The molecule has 3 rings (SSSR count). The fourth-order valence-electron chi connectivity index (χ4n) is 2.72. The quantitative estimate of drug-likeness (QED) is 0.752. The lowest BCUT2D eigenvalue weighted by Gasteiger charge is -2.09. The van der Waals surface area contributed by atoms with Gasteiger partial charge in [-0.1, -0.05) is 25.1 Å². The Morgan fingerprint density at radius 3 is 2.74 bits per heavy atom. The molecule has 3 nitrogen and oxygen atoms in total. The highest BCUT2D eigenvalue weighted by atomic mass is 16.3. The molecule has 0 aliphatic carbocycles. The predicted molar refractivity (Wildman–Crippen MR) is 93.8 cm³/mol. The molecule has 0 fully saturated rings. The van der Waals surface area contributed by atoms with Crippen LogP contribution in [0.15, 0.2) is 47.1 Å². The van der Waals surface area contributed by atoms with Crippen LogP contribution in [-0.4, -0.2) is 5.91 Å². The zero-order chi connectivity index (χ0) is 16.4. The second-order valence-corrected chi connectivity index (χ2v) is 5.99. The Kier molecular flexibility index (Phi) is 4.20. The average Bonchev–Trinajstić information content (AvgIpc) is 2.93. The lowest BCUT2D eigenvalue weighted by Crippen LogP contribution is -2.15. The average molecular weight is 307 g/mol. The van der Waals surface area contributed by atoms with Crippen LogP contribution in [0.25, 0.3) is 11.0 Å². The van der Waals surface area contributed by atoms with Crippen LogP contribution in [0.2, 0.25) is 0 Å². The first-order valence-electron chi connectivity index (χ1n) is 7.93. The first kappa shape index (κ1) is 15.3. The van der Waals surface area contributed by atoms with Crippen molar-refractivity contribution in [2.24, 2.45) is 0 Å². The molecule has 23 heavy (non-hydrogen) atoms. The molecule has 3 aromatic rings. The van der Waals surface area contributed by atoms with Crippen LogP contribution in [0, 0.1) is 13.8 Å². The maximum Gasteiger partial charge on any atom is 0.228 e. The van der Waals surface area contributed by atoms with Crippen molar-refractivity contribution in [1.29, 1.82) is 0 Å². The molecular formula is C20H21NO2. The molecule has 0 aliphatic heterocycles. The third-order valence-electron chi connectivity index (χ3n) is 4.14. The number of amides is 1. The Morgan fingerprint density at radius 1 is 1.13 bits per heavy atom. The Bertz CT molecular complexity index is 861. The number of hydrogen-bond donors (Lipinski definition) is 1. The molecule has 0 unspecified atom stereocenters. The van der Waals surface area contributed by atoms with Crippen LogP contribution in [0.3, 0.4) is 0 Å². The van der Waals surface area contributed by atoms with Crippen molar-refractivity contribution < 1.29 is 9.21 Å². The van der Waals surface area contributed by atoms with Crippen molar-refractivity contribution in [2.45, 2.75) is 33.6 Å². The summed E-state index contributed by atoms with van der Waals surface area (Å²) in [7, 11) is 0. The third-order valence-corrected chi connectivity index (χ3v) is 4.14. The number of carbonyl (C=O) groups excluding carboxylic acids is 1. The van der Waals surface area contributed by atoms with Gasteiger partial charge in [0.05, 0.1) is 12.7 Å². The molecule has 0 atom stereocenters. The van der Waals surface area contributed by atoms with Gasteiger partial charge in [0.15, 0.2) is 0 Å². The lowest BCUT2D eigenvalue weighted by molar-refractivity contribution is -0.115. The third kappa shape index (κ3) is 3.29. The SMILES string of the molecule is CCc1ccc2occ(CC(=O)Nc3cc(C)ccc3C)c2c1. The van der Waals surface area contributed by atoms with E-state index in [9.17, 15) is 4.79 Å². The van der Waals surface area contributed by atoms with E-state index in [1.165, 1.54) is 5.56 Å². The highest BCUT2D eigenvalue weighted by Gasteiger charge is 2.12. The van der Waals surface area contributed by atoms with Gasteiger partial charge in [-0.3, -0.25) is 4.79 Å². The highest BCUT2D eigenvalue weighted by molar-refractivity contribution is 5.96. The van der Waals surface area contributed by atoms with E-state index < -0.39 is 0 Å². The van der Waals surface area contributed by atoms with Gasteiger partial charge < -0.3 is 9.73 Å². The smallest absolute Gasteiger partial charge is 0.228 e. The predicted octanol–water partition coefficient (Wildman–Crippen LogP) is 4.79. The Hall–Kier alpha value is -2.55. The van der Waals surface area contributed by atoms with E-state index >= 15 is 0 Å². The topological polar surface area (TPSA) is 42.2 Å². The molecule has 3 heteroatoms. The molecule has 2 aromatic carbocycles. The molecule has 0 saturated carbocycles. The molecule has 118 valence electrons. The molecule has 0 aliphatic rings. The number of rotatable bonds is 4. The van der Waals surface area contributed by atoms with E-state index in [1.54, 1.807) is 6.26 Å². The number of nitrogens with one attached hydrogen (secondary N) is 1. The van der Waals surface area contributed by atoms with Gasteiger partial charge in [-0.05, 0) is 55.2 Å². The Balaban J connectivity index is 1.81. The van der Waals surface area contributed by atoms with Gasteiger partial charge in [0, 0.05) is 16.6 Å². The fourth-order valence-corrected chi connectivity index (χ4v) is 2.72. The van der Waals surface area contributed by atoms with Crippen molar-refractivity contribution in [3.63, 3.8) is 0 Å². The molecule has 0 spiro atoms. The van der Waals surface area contributed by atoms with Crippen molar-refractivity contribution in [2.75, 3.05) is 5.32 Å². The number of anilines is 1. The largest absolute Gasteiger partial charge is 0.464 e. The van der Waals surface area contributed by atoms with Gasteiger partial charge >= 0.3 is 0 Å². The molecule has 1 aromatic heterocycles. The van der Waals surface area contributed by atoms with E-state index in [2.05, 4.69) is 24.4 Å².